The molecule has 1 aliphatic rings. The van der Waals surface area contributed by atoms with Crippen LogP contribution in [0.15, 0.2) is 53.2 Å². The molecule has 6 nitrogen and oxygen atoms in total. The third-order valence-electron chi connectivity index (χ3n) is 4.80. The first kappa shape index (κ1) is 20.2. The van der Waals surface area contributed by atoms with E-state index in [0.29, 0.717) is 48.3 Å². The van der Waals surface area contributed by atoms with Gasteiger partial charge >= 0.3 is 6.18 Å². The number of halogens is 4. The summed E-state index contributed by atoms with van der Waals surface area (Å²) in [6.45, 7) is 1.67. The van der Waals surface area contributed by atoms with Crippen molar-refractivity contribution in [2.45, 2.75) is 6.18 Å². The molecule has 0 N–H and O–H groups in total. The molecule has 1 aromatic carbocycles. The van der Waals surface area contributed by atoms with Gasteiger partial charge in [-0.2, -0.15) is 13.2 Å². The molecule has 4 rings (SSSR count). The Morgan fingerprint density at radius 3 is 2.47 bits per heavy atom. The fourth-order valence-electron chi connectivity index (χ4n) is 3.20. The van der Waals surface area contributed by atoms with E-state index in [4.69, 9.17) is 16.1 Å². The zero-order valence-corrected chi connectivity index (χ0v) is 16.3. The molecule has 156 valence electrons. The number of benzene rings is 1. The summed E-state index contributed by atoms with van der Waals surface area (Å²) in [6, 6.07) is 10.9. The summed E-state index contributed by atoms with van der Waals surface area (Å²) < 4.78 is 43.3. The quantitative estimate of drug-likeness (QED) is 0.610. The van der Waals surface area contributed by atoms with Gasteiger partial charge in [-0.25, -0.2) is 4.98 Å². The number of alkyl halides is 3. The maximum Gasteiger partial charge on any atom is 0.417 e. The lowest BCUT2D eigenvalue weighted by molar-refractivity contribution is -0.137. The molecule has 3 heterocycles. The van der Waals surface area contributed by atoms with Gasteiger partial charge in [0.05, 0.1) is 5.56 Å². The van der Waals surface area contributed by atoms with Crippen molar-refractivity contribution in [3.8, 4) is 11.3 Å². The van der Waals surface area contributed by atoms with Crippen LogP contribution in [-0.2, 0) is 6.18 Å². The van der Waals surface area contributed by atoms with Crippen LogP contribution in [0, 0.1) is 0 Å². The highest BCUT2D eigenvalue weighted by Gasteiger charge is 2.31. The van der Waals surface area contributed by atoms with Crippen molar-refractivity contribution in [3.63, 3.8) is 0 Å². The number of carbonyl (C=O) groups excluding carboxylic acids is 1. The van der Waals surface area contributed by atoms with Crippen molar-refractivity contribution in [1.29, 1.82) is 0 Å². The van der Waals surface area contributed by atoms with Gasteiger partial charge in [-0.05, 0) is 24.3 Å². The lowest BCUT2D eigenvalue weighted by Crippen LogP contribution is -2.49. The molecule has 10 heteroatoms. The van der Waals surface area contributed by atoms with Crippen LogP contribution < -0.4 is 4.90 Å². The third kappa shape index (κ3) is 4.25. The van der Waals surface area contributed by atoms with Crippen molar-refractivity contribution in [1.82, 2.24) is 15.0 Å². The fraction of sp³-hybridized carbons (Fsp3) is 0.250. The highest BCUT2D eigenvalue weighted by molar-refractivity contribution is 6.30. The lowest BCUT2D eigenvalue weighted by Gasteiger charge is -2.35. The number of pyridine rings is 1. The normalized spacial score (nSPS) is 14.8. The van der Waals surface area contributed by atoms with Crippen molar-refractivity contribution in [2.75, 3.05) is 31.1 Å². The maximum atomic E-state index is 12.7. The Hall–Kier alpha value is -3.07. The van der Waals surface area contributed by atoms with Crippen LogP contribution in [0.5, 0.6) is 0 Å². The molecule has 0 aliphatic carbocycles. The summed E-state index contributed by atoms with van der Waals surface area (Å²) in [5.74, 6) is 0.611. The van der Waals surface area contributed by atoms with Crippen LogP contribution in [0.3, 0.4) is 0 Å². The van der Waals surface area contributed by atoms with Crippen LogP contribution in [-0.4, -0.2) is 47.1 Å². The average Bonchev–Trinajstić information content (AvgIpc) is 3.23. The van der Waals surface area contributed by atoms with E-state index < -0.39 is 11.7 Å². The largest absolute Gasteiger partial charge is 0.417 e. The lowest BCUT2D eigenvalue weighted by atomic mass is 10.1. The SMILES string of the molecule is O=C(c1cc(-c2cccc(Cl)c2)on1)N1CCN(c2ccc(C(F)(F)F)cn2)CC1. The smallest absolute Gasteiger partial charge is 0.355 e. The Morgan fingerprint density at radius 2 is 1.83 bits per heavy atom. The van der Waals surface area contributed by atoms with Gasteiger partial charge in [-0.1, -0.05) is 28.9 Å². The van der Waals surface area contributed by atoms with Crippen molar-refractivity contribution < 1.29 is 22.5 Å². The van der Waals surface area contributed by atoms with Crippen LogP contribution in [0.1, 0.15) is 16.1 Å². The molecule has 3 aromatic rings. The molecule has 30 heavy (non-hydrogen) atoms. The number of amides is 1. The second-order valence-electron chi connectivity index (χ2n) is 6.77. The Labute approximate surface area is 174 Å². The number of aromatic nitrogens is 2. The van der Waals surface area contributed by atoms with Crippen molar-refractivity contribution >= 4 is 23.3 Å². The van der Waals surface area contributed by atoms with Gasteiger partial charge in [-0.15, -0.1) is 0 Å². The van der Waals surface area contributed by atoms with Crippen LogP contribution in [0.25, 0.3) is 11.3 Å². The summed E-state index contributed by atoms with van der Waals surface area (Å²) in [4.78, 5) is 20.1. The van der Waals surface area contributed by atoms with E-state index in [1.54, 1.807) is 35.2 Å². The highest BCUT2D eigenvalue weighted by Crippen LogP contribution is 2.29. The summed E-state index contributed by atoms with van der Waals surface area (Å²) in [5.41, 5.74) is 0.111. The molecule has 1 amide bonds. The number of rotatable bonds is 3. The zero-order valence-electron chi connectivity index (χ0n) is 15.6. The topological polar surface area (TPSA) is 62.5 Å². The monoisotopic (exact) mass is 436 g/mol. The average molecular weight is 437 g/mol. The van der Waals surface area contributed by atoms with E-state index in [1.807, 2.05) is 4.90 Å². The summed E-state index contributed by atoms with van der Waals surface area (Å²) in [7, 11) is 0. The second-order valence-corrected chi connectivity index (χ2v) is 7.21. The Morgan fingerprint density at radius 1 is 1.07 bits per heavy atom. The number of anilines is 1. The molecule has 0 atom stereocenters. The molecule has 1 saturated heterocycles. The number of hydrogen-bond acceptors (Lipinski definition) is 5. The van der Waals surface area contributed by atoms with E-state index in [9.17, 15) is 18.0 Å². The molecule has 0 unspecified atom stereocenters. The van der Waals surface area contributed by atoms with E-state index in [1.165, 1.54) is 6.07 Å². The van der Waals surface area contributed by atoms with Gasteiger partial charge in [0, 0.05) is 49.0 Å². The number of hydrogen-bond donors (Lipinski definition) is 0. The standard InChI is InChI=1S/C20H16ClF3N4O2/c21-15-3-1-2-13(10-15)17-11-16(26-30-17)19(29)28-8-6-27(7-9-28)18-5-4-14(12-25-18)20(22,23)24/h1-5,10-12H,6-9H2. The molecule has 1 fully saturated rings. The van der Waals surface area contributed by atoms with Gasteiger partial charge < -0.3 is 14.3 Å². The third-order valence-corrected chi connectivity index (χ3v) is 5.04. The summed E-state index contributed by atoms with van der Waals surface area (Å²) in [6.07, 6.45) is -3.60. The van der Waals surface area contributed by atoms with Crippen LogP contribution in [0.4, 0.5) is 19.0 Å². The first-order chi connectivity index (χ1) is 14.3. The predicted octanol–water partition coefficient (Wildman–Crippen LogP) is 4.37. The number of carbonyl (C=O) groups is 1. The van der Waals surface area contributed by atoms with Gasteiger partial charge in [0.2, 0.25) is 0 Å². The number of nitrogens with zero attached hydrogens (tertiary/aromatic N) is 4. The number of piperazine rings is 1. The predicted molar refractivity (Wildman–Crippen MR) is 104 cm³/mol. The molecule has 2 aromatic heterocycles. The minimum atomic E-state index is -4.42. The fourth-order valence-corrected chi connectivity index (χ4v) is 3.39. The van der Waals surface area contributed by atoms with E-state index in [0.717, 1.165) is 12.3 Å². The molecular weight excluding hydrogens is 421 g/mol. The zero-order chi connectivity index (χ0) is 21.3. The molecule has 0 radical (unpaired) electrons. The molecule has 0 saturated carbocycles. The van der Waals surface area contributed by atoms with Crippen molar-refractivity contribution in [2.24, 2.45) is 0 Å². The highest BCUT2D eigenvalue weighted by atomic mass is 35.5. The molecule has 0 spiro atoms. The van der Waals surface area contributed by atoms with E-state index >= 15 is 0 Å². The Bertz CT molecular complexity index is 1040. The van der Waals surface area contributed by atoms with Gasteiger partial charge in [-0.3, -0.25) is 4.79 Å². The Kier molecular flexibility index (Phi) is 5.38. The minimum absolute atomic E-state index is 0.186. The molecular formula is C20H16ClF3N4O2. The van der Waals surface area contributed by atoms with Crippen LogP contribution >= 0.6 is 11.6 Å². The van der Waals surface area contributed by atoms with Crippen LogP contribution in [0.2, 0.25) is 5.02 Å². The summed E-state index contributed by atoms with van der Waals surface area (Å²) in [5, 5.41) is 4.41. The Balaban J connectivity index is 1.39. The van der Waals surface area contributed by atoms with E-state index in [-0.39, 0.29) is 11.6 Å². The van der Waals surface area contributed by atoms with Gasteiger partial charge in [0.1, 0.15) is 5.82 Å². The van der Waals surface area contributed by atoms with Gasteiger partial charge in [0.15, 0.2) is 11.5 Å². The van der Waals surface area contributed by atoms with E-state index in [2.05, 4.69) is 10.1 Å². The van der Waals surface area contributed by atoms with Crippen molar-refractivity contribution in [3.05, 3.63) is 64.9 Å². The second kappa shape index (κ2) is 7.98. The maximum absolute atomic E-state index is 12.7. The molecule has 0 bridgehead atoms. The first-order valence-electron chi connectivity index (χ1n) is 9.11. The first-order valence-corrected chi connectivity index (χ1v) is 9.49. The minimum Gasteiger partial charge on any atom is -0.355 e. The molecule has 1 aliphatic heterocycles. The summed E-state index contributed by atoms with van der Waals surface area (Å²) >= 11 is 5.98. The van der Waals surface area contributed by atoms with Gasteiger partial charge in [0.25, 0.3) is 5.91 Å².